The summed E-state index contributed by atoms with van der Waals surface area (Å²) in [4.78, 5) is 12.4. The maximum absolute atomic E-state index is 13.0. The third-order valence-corrected chi connectivity index (χ3v) is 5.19. The number of hydrogen-bond donors (Lipinski definition) is 1. The smallest absolute Gasteiger partial charge is 0.416 e. The number of benzene rings is 2. The molecule has 164 valence electrons. The fourth-order valence-corrected chi connectivity index (χ4v) is 3.61. The summed E-state index contributed by atoms with van der Waals surface area (Å²) in [6, 6.07) is 8.60. The second-order valence-electron chi connectivity index (χ2n) is 6.67. The molecule has 0 fully saturated rings. The maximum Gasteiger partial charge on any atom is 0.416 e. The van der Waals surface area contributed by atoms with Gasteiger partial charge in [-0.15, -0.1) is 0 Å². The van der Waals surface area contributed by atoms with Crippen molar-refractivity contribution in [2.75, 3.05) is 22.4 Å². The van der Waals surface area contributed by atoms with E-state index in [-0.39, 0.29) is 11.1 Å². The van der Waals surface area contributed by atoms with Crippen LogP contribution in [0.2, 0.25) is 5.02 Å². The Bertz CT molecular complexity index is 1010. The number of amides is 1. The molecule has 0 aliphatic heterocycles. The Kier molecular flexibility index (Phi) is 7.25. The van der Waals surface area contributed by atoms with Gasteiger partial charge in [-0.25, -0.2) is 8.42 Å². The number of anilines is 2. The summed E-state index contributed by atoms with van der Waals surface area (Å²) in [7, 11) is -4.11. The molecule has 0 aliphatic carbocycles. The molecular formula is C19H20ClF3N2O4S. The standard InChI is InChI=1S/C19H20ClF3N2O4S/c1-12(2)29-15-7-5-14(6-8-15)24-18(26)11-25(30(3,27)28)17-10-13(19(21,22)23)4-9-16(17)20/h4-10,12H,11H2,1-3H3,(H,24,26). The summed E-state index contributed by atoms with van der Waals surface area (Å²) >= 11 is 5.93. The molecule has 0 aromatic heterocycles. The van der Waals surface area contributed by atoms with Crippen molar-refractivity contribution in [2.24, 2.45) is 0 Å². The van der Waals surface area contributed by atoms with Crippen LogP contribution in [0.5, 0.6) is 5.75 Å². The lowest BCUT2D eigenvalue weighted by Crippen LogP contribution is -2.37. The van der Waals surface area contributed by atoms with E-state index in [1.54, 1.807) is 24.3 Å². The molecule has 0 spiro atoms. The minimum absolute atomic E-state index is 0.0361. The van der Waals surface area contributed by atoms with E-state index in [1.807, 2.05) is 13.8 Å². The Morgan fingerprint density at radius 3 is 2.27 bits per heavy atom. The summed E-state index contributed by atoms with van der Waals surface area (Å²) in [6.45, 7) is 2.95. The minimum atomic E-state index is -4.70. The van der Waals surface area contributed by atoms with E-state index in [0.29, 0.717) is 21.8 Å². The Morgan fingerprint density at radius 2 is 1.77 bits per heavy atom. The van der Waals surface area contributed by atoms with Gasteiger partial charge in [0.2, 0.25) is 15.9 Å². The SMILES string of the molecule is CC(C)Oc1ccc(NC(=O)CN(c2cc(C(F)(F)F)ccc2Cl)S(C)(=O)=O)cc1. The molecule has 0 heterocycles. The van der Waals surface area contributed by atoms with Gasteiger partial charge < -0.3 is 10.1 Å². The molecule has 30 heavy (non-hydrogen) atoms. The molecule has 2 aromatic carbocycles. The minimum Gasteiger partial charge on any atom is -0.491 e. The van der Waals surface area contributed by atoms with E-state index in [0.717, 1.165) is 18.4 Å². The molecule has 0 saturated carbocycles. The molecule has 0 aliphatic rings. The highest BCUT2D eigenvalue weighted by Gasteiger charge is 2.33. The van der Waals surface area contributed by atoms with Gasteiger partial charge in [0.1, 0.15) is 12.3 Å². The summed E-state index contributed by atoms with van der Waals surface area (Å²) in [5.41, 5.74) is -1.17. The molecular weight excluding hydrogens is 445 g/mol. The molecule has 0 radical (unpaired) electrons. The number of rotatable bonds is 7. The van der Waals surface area contributed by atoms with Gasteiger partial charge in [-0.05, 0) is 56.3 Å². The monoisotopic (exact) mass is 464 g/mol. The molecule has 2 rings (SSSR count). The van der Waals surface area contributed by atoms with Gasteiger partial charge in [-0.1, -0.05) is 11.6 Å². The van der Waals surface area contributed by atoms with Gasteiger partial charge in [0, 0.05) is 5.69 Å². The summed E-state index contributed by atoms with van der Waals surface area (Å²) in [5, 5.41) is 2.25. The van der Waals surface area contributed by atoms with Crippen molar-refractivity contribution in [3.05, 3.63) is 53.1 Å². The molecule has 11 heteroatoms. The van der Waals surface area contributed by atoms with Crippen LogP contribution in [0.1, 0.15) is 19.4 Å². The van der Waals surface area contributed by atoms with E-state index in [4.69, 9.17) is 16.3 Å². The van der Waals surface area contributed by atoms with Crippen molar-refractivity contribution in [3.8, 4) is 5.75 Å². The van der Waals surface area contributed by atoms with Gasteiger partial charge in [0.05, 0.1) is 28.6 Å². The lowest BCUT2D eigenvalue weighted by Gasteiger charge is -2.24. The Morgan fingerprint density at radius 1 is 1.17 bits per heavy atom. The van der Waals surface area contributed by atoms with Crippen LogP contribution in [-0.4, -0.2) is 33.2 Å². The zero-order valence-electron chi connectivity index (χ0n) is 16.3. The van der Waals surface area contributed by atoms with Crippen LogP contribution < -0.4 is 14.4 Å². The van der Waals surface area contributed by atoms with Crippen molar-refractivity contribution >= 4 is 38.9 Å². The predicted octanol–water partition coefficient (Wildman–Crippen LogP) is 4.55. The van der Waals surface area contributed by atoms with Crippen LogP contribution in [0.15, 0.2) is 42.5 Å². The number of nitrogens with zero attached hydrogens (tertiary/aromatic N) is 1. The topological polar surface area (TPSA) is 75.7 Å². The Labute approximate surface area is 177 Å². The number of nitrogens with one attached hydrogen (secondary N) is 1. The highest BCUT2D eigenvalue weighted by molar-refractivity contribution is 7.92. The van der Waals surface area contributed by atoms with E-state index in [9.17, 15) is 26.4 Å². The number of sulfonamides is 1. The van der Waals surface area contributed by atoms with Crippen molar-refractivity contribution in [1.29, 1.82) is 0 Å². The lowest BCUT2D eigenvalue weighted by atomic mass is 10.2. The molecule has 0 atom stereocenters. The number of hydrogen-bond acceptors (Lipinski definition) is 4. The third-order valence-electron chi connectivity index (χ3n) is 3.74. The first-order valence-electron chi connectivity index (χ1n) is 8.68. The first kappa shape index (κ1) is 23.8. The van der Waals surface area contributed by atoms with Crippen molar-refractivity contribution in [3.63, 3.8) is 0 Å². The van der Waals surface area contributed by atoms with Crippen LogP contribution in [0.4, 0.5) is 24.5 Å². The zero-order valence-corrected chi connectivity index (χ0v) is 17.9. The number of ether oxygens (including phenoxy) is 1. The van der Waals surface area contributed by atoms with Crippen LogP contribution in [0, 0.1) is 0 Å². The fourth-order valence-electron chi connectivity index (χ4n) is 2.48. The number of carbonyl (C=O) groups excluding carboxylic acids is 1. The summed E-state index contributed by atoms with van der Waals surface area (Å²) < 4.78 is 69.4. The number of alkyl halides is 3. The largest absolute Gasteiger partial charge is 0.491 e. The van der Waals surface area contributed by atoms with Gasteiger partial charge >= 0.3 is 6.18 Å². The highest BCUT2D eigenvalue weighted by atomic mass is 35.5. The normalized spacial score (nSPS) is 12.0. The first-order chi connectivity index (χ1) is 13.8. The van der Waals surface area contributed by atoms with Crippen LogP contribution in [0.3, 0.4) is 0 Å². The summed E-state index contributed by atoms with van der Waals surface area (Å²) in [5.74, 6) is -0.178. The van der Waals surface area contributed by atoms with E-state index < -0.39 is 39.9 Å². The van der Waals surface area contributed by atoms with E-state index >= 15 is 0 Å². The van der Waals surface area contributed by atoms with Gasteiger partial charge in [-0.3, -0.25) is 9.10 Å². The van der Waals surface area contributed by atoms with Crippen LogP contribution >= 0.6 is 11.6 Å². The van der Waals surface area contributed by atoms with Crippen LogP contribution in [0.25, 0.3) is 0 Å². The average Bonchev–Trinajstić information content (AvgIpc) is 2.60. The molecule has 6 nitrogen and oxygen atoms in total. The quantitative estimate of drug-likeness (QED) is 0.652. The second-order valence-corrected chi connectivity index (χ2v) is 8.99. The van der Waals surface area contributed by atoms with Gasteiger partial charge in [0.15, 0.2) is 0 Å². The zero-order chi connectivity index (χ0) is 22.7. The number of halogens is 4. The molecule has 2 aromatic rings. The average molecular weight is 465 g/mol. The predicted molar refractivity (Wildman–Crippen MR) is 109 cm³/mol. The Hall–Kier alpha value is -2.46. The van der Waals surface area contributed by atoms with Gasteiger partial charge in [0.25, 0.3) is 0 Å². The summed E-state index contributed by atoms with van der Waals surface area (Å²) in [6.07, 6.45) is -3.97. The molecule has 0 saturated heterocycles. The Balaban J connectivity index is 2.25. The van der Waals surface area contributed by atoms with Crippen LogP contribution in [-0.2, 0) is 21.0 Å². The molecule has 1 amide bonds. The lowest BCUT2D eigenvalue weighted by molar-refractivity contribution is -0.137. The van der Waals surface area contributed by atoms with E-state index in [1.165, 1.54) is 0 Å². The fraction of sp³-hybridized carbons (Fsp3) is 0.316. The van der Waals surface area contributed by atoms with Crippen molar-refractivity contribution < 1.29 is 31.1 Å². The molecule has 0 unspecified atom stereocenters. The number of carbonyl (C=O) groups is 1. The molecule has 1 N–H and O–H groups in total. The second kappa shape index (κ2) is 9.13. The maximum atomic E-state index is 13.0. The third kappa shape index (κ3) is 6.53. The molecule has 0 bridgehead atoms. The van der Waals surface area contributed by atoms with E-state index in [2.05, 4.69) is 5.32 Å². The first-order valence-corrected chi connectivity index (χ1v) is 10.9. The van der Waals surface area contributed by atoms with Gasteiger partial charge in [-0.2, -0.15) is 13.2 Å². The van der Waals surface area contributed by atoms with Crippen molar-refractivity contribution in [2.45, 2.75) is 26.1 Å². The van der Waals surface area contributed by atoms with Crippen molar-refractivity contribution in [1.82, 2.24) is 0 Å². The highest BCUT2D eigenvalue weighted by Crippen LogP contribution is 2.36.